The van der Waals surface area contributed by atoms with Crippen LogP contribution >= 0.6 is 0 Å². The predicted octanol–water partition coefficient (Wildman–Crippen LogP) is 1.85. The lowest BCUT2D eigenvalue weighted by Crippen LogP contribution is -1.88. The lowest BCUT2D eigenvalue weighted by atomic mass is 10.2. The summed E-state index contributed by atoms with van der Waals surface area (Å²) in [6.45, 7) is 3.61. The second-order valence-electron chi connectivity index (χ2n) is 2.55. The van der Waals surface area contributed by atoms with Gasteiger partial charge in [0.15, 0.2) is 5.78 Å². The third-order valence-electron chi connectivity index (χ3n) is 1.48. The Bertz CT molecular complexity index is 159. The highest BCUT2D eigenvalue weighted by atomic mass is 16.2. The van der Waals surface area contributed by atoms with E-state index in [1.54, 1.807) is 0 Å². The van der Waals surface area contributed by atoms with Gasteiger partial charge in [-0.1, -0.05) is 18.7 Å². The van der Waals surface area contributed by atoms with Crippen LogP contribution in [0.15, 0.2) is 24.8 Å². The van der Waals surface area contributed by atoms with Crippen molar-refractivity contribution in [2.24, 2.45) is 0 Å². The van der Waals surface area contributed by atoms with Gasteiger partial charge >= 0.3 is 0 Å². The Balaban J connectivity index is 3.24. The third-order valence-corrected chi connectivity index (χ3v) is 1.48. The van der Waals surface area contributed by atoms with Crippen molar-refractivity contribution < 1.29 is 9.90 Å². The van der Waals surface area contributed by atoms with E-state index in [0.717, 1.165) is 19.3 Å². The van der Waals surface area contributed by atoms with Crippen molar-refractivity contribution in [3.8, 4) is 0 Å². The lowest BCUT2D eigenvalue weighted by molar-refractivity contribution is -0.114. The van der Waals surface area contributed by atoms with E-state index in [0.29, 0.717) is 6.42 Å². The molecule has 0 spiro atoms. The van der Waals surface area contributed by atoms with Crippen LogP contribution < -0.4 is 0 Å². The zero-order chi connectivity index (χ0) is 9.23. The van der Waals surface area contributed by atoms with Crippen molar-refractivity contribution in [3.05, 3.63) is 24.8 Å². The summed E-state index contributed by atoms with van der Waals surface area (Å²) in [6, 6.07) is 0. The van der Waals surface area contributed by atoms with Gasteiger partial charge in [0.05, 0.1) is 0 Å². The summed E-state index contributed by atoms with van der Waals surface area (Å²) in [5.74, 6) is 0.0850. The molecule has 68 valence electrons. The van der Waals surface area contributed by atoms with Crippen LogP contribution in [0.25, 0.3) is 0 Å². The second-order valence-corrected chi connectivity index (χ2v) is 2.55. The Morgan fingerprint density at radius 3 is 2.58 bits per heavy atom. The van der Waals surface area contributed by atoms with E-state index in [4.69, 9.17) is 5.11 Å². The quantitative estimate of drug-likeness (QED) is 0.358. The Morgan fingerprint density at radius 1 is 1.33 bits per heavy atom. The molecule has 12 heavy (non-hydrogen) atoms. The highest BCUT2D eigenvalue weighted by molar-refractivity contribution is 5.89. The maximum absolute atomic E-state index is 10.7. The first-order chi connectivity index (χ1) is 5.81. The van der Waals surface area contributed by atoms with Crippen LogP contribution in [0.5, 0.6) is 0 Å². The minimum absolute atomic E-state index is 0.0850. The van der Waals surface area contributed by atoms with Crippen LogP contribution in [0, 0.1) is 0 Å². The van der Waals surface area contributed by atoms with Crippen molar-refractivity contribution >= 4 is 5.78 Å². The van der Waals surface area contributed by atoms with E-state index in [1.807, 2.05) is 12.2 Å². The van der Waals surface area contributed by atoms with E-state index in [2.05, 4.69) is 6.58 Å². The van der Waals surface area contributed by atoms with Gasteiger partial charge in [0.1, 0.15) is 0 Å². The molecule has 0 rings (SSSR count). The summed E-state index contributed by atoms with van der Waals surface area (Å²) in [7, 11) is 0. The molecule has 0 unspecified atom stereocenters. The molecule has 0 aliphatic heterocycles. The summed E-state index contributed by atoms with van der Waals surface area (Å²) >= 11 is 0. The van der Waals surface area contributed by atoms with Crippen molar-refractivity contribution in [2.75, 3.05) is 6.61 Å². The van der Waals surface area contributed by atoms with Gasteiger partial charge in [0.25, 0.3) is 0 Å². The average molecular weight is 168 g/mol. The zero-order valence-electron chi connectivity index (χ0n) is 7.33. The van der Waals surface area contributed by atoms with E-state index in [9.17, 15) is 4.79 Å². The summed E-state index contributed by atoms with van der Waals surface area (Å²) < 4.78 is 0. The molecule has 0 aliphatic rings. The first-order valence-electron chi connectivity index (χ1n) is 4.22. The van der Waals surface area contributed by atoms with Gasteiger partial charge in [0.2, 0.25) is 0 Å². The Morgan fingerprint density at radius 2 is 2.00 bits per heavy atom. The summed E-state index contributed by atoms with van der Waals surface area (Å²) in [5, 5.41) is 8.45. The highest BCUT2D eigenvalue weighted by Crippen LogP contribution is 1.96. The first kappa shape index (κ1) is 11.1. The Kier molecular flexibility index (Phi) is 7.60. The molecule has 1 N–H and O–H groups in total. The van der Waals surface area contributed by atoms with Crippen molar-refractivity contribution in [2.45, 2.75) is 25.7 Å². The first-order valence-corrected chi connectivity index (χ1v) is 4.22. The number of aliphatic hydroxyl groups excluding tert-OH is 1. The molecule has 0 aromatic carbocycles. The third kappa shape index (κ3) is 7.22. The topological polar surface area (TPSA) is 37.3 Å². The molecule has 2 nitrogen and oxygen atoms in total. The number of allylic oxidation sites excluding steroid dienone is 3. The molecule has 0 aliphatic carbocycles. The van der Waals surface area contributed by atoms with Crippen LogP contribution in [-0.4, -0.2) is 17.5 Å². The van der Waals surface area contributed by atoms with Gasteiger partial charge < -0.3 is 5.11 Å². The monoisotopic (exact) mass is 168 g/mol. The van der Waals surface area contributed by atoms with Gasteiger partial charge in [-0.15, -0.1) is 0 Å². The number of rotatable bonds is 7. The molecule has 0 radical (unpaired) electrons. The molecule has 0 amide bonds. The fraction of sp³-hybridized carbons (Fsp3) is 0.500. The number of carbonyl (C=O) groups excluding carboxylic acids is 1. The van der Waals surface area contributed by atoms with E-state index in [-0.39, 0.29) is 12.4 Å². The minimum Gasteiger partial charge on any atom is -0.396 e. The molecule has 0 atom stereocenters. The number of hydrogen-bond acceptors (Lipinski definition) is 2. The van der Waals surface area contributed by atoms with Gasteiger partial charge in [-0.2, -0.15) is 0 Å². The number of aliphatic hydroxyl groups is 1. The maximum atomic E-state index is 10.7. The summed E-state index contributed by atoms with van der Waals surface area (Å²) in [5.41, 5.74) is 0. The van der Waals surface area contributed by atoms with Crippen LogP contribution in [0.1, 0.15) is 25.7 Å². The fourth-order valence-corrected chi connectivity index (χ4v) is 0.772. The fourth-order valence-electron chi connectivity index (χ4n) is 0.772. The molecule has 0 fully saturated rings. The van der Waals surface area contributed by atoms with Crippen molar-refractivity contribution in [3.63, 3.8) is 0 Å². The van der Waals surface area contributed by atoms with Gasteiger partial charge in [0, 0.05) is 13.0 Å². The van der Waals surface area contributed by atoms with E-state index >= 15 is 0 Å². The number of carbonyl (C=O) groups is 1. The SMILES string of the molecule is C=CC(=O)CC/C=C/CCCO. The standard InChI is InChI=1S/C10H16O2/c1-2-10(12)8-6-4-3-5-7-9-11/h2-4,11H,1,5-9H2/b4-3+. The second kappa shape index (κ2) is 8.21. The largest absolute Gasteiger partial charge is 0.396 e. The molecule has 2 heteroatoms. The molecule has 0 bridgehead atoms. The highest BCUT2D eigenvalue weighted by Gasteiger charge is 1.90. The summed E-state index contributed by atoms with van der Waals surface area (Å²) in [4.78, 5) is 10.7. The molecule has 0 aromatic heterocycles. The van der Waals surface area contributed by atoms with E-state index in [1.165, 1.54) is 6.08 Å². The summed E-state index contributed by atoms with van der Waals surface area (Å²) in [6.07, 6.45) is 8.31. The minimum atomic E-state index is 0.0850. The molecule has 0 saturated carbocycles. The van der Waals surface area contributed by atoms with Crippen LogP contribution in [0.3, 0.4) is 0 Å². The Hall–Kier alpha value is -0.890. The van der Waals surface area contributed by atoms with Gasteiger partial charge in [-0.3, -0.25) is 4.79 Å². The smallest absolute Gasteiger partial charge is 0.155 e. The molecule has 0 heterocycles. The number of hydrogen-bond donors (Lipinski definition) is 1. The zero-order valence-corrected chi connectivity index (χ0v) is 7.33. The molecular formula is C10H16O2. The van der Waals surface area contributed by atoms with Crippen molar-refractivity contribution in [1.29, 1.82) is 0 Å². The van der Waals surface area contributed by atoms with Crippen LogP contribution in [-0.2, 0) is 4.79 Å². The van der Waals surface area contributed by atoms with E-state index < -0.39 is 0 Å². The number of ketones is 1. The van der Waals surface area contributed by atoms with Crippen molar-refractivity contribution in [1.82, 2.24) is 0 Å². The van der Waals surface area contributed by atoms with Gasteiger partial charge in [-0.05, 0) is 25.3 Å². The molecule has 0 saturated heterocycles. The predicted molar refractivity (Wildman–Crippen MR) is 49.9 cm³/mol. The Labute approximate surface area is 73.6 Å². The molecule has 0 aromatic rings. The van der Waals surface area contributed by atoms with Crippen LogP contribution in [0.4, 0.5) is 0 Å². The number of unbranched alkanes of at least 4 members (excludes halogenated alkanes) is 1. The normalized spacial score (nSPS) is 10.4. The van der Waals surface area contributed by atoms with Gasteiger partial charge in [-0.25, -0.2) is 0 Å². The lowest BCUT2D eigenvalue weighted by Gasteiger charge is -1.90. The maximum Gasteiger partial charge on any atom is 0.155 e. The van der Waals surface area contributed by atoms with Crippen LogP contribution in [0.2, 0.25) is 0 Å². The average Bonchev–Trinajstić information content (AvgIpc) is 2.10. The molecular weight excluding hydrogens is 152 g/mol.